The first-order valence-corrected chi connectivity index (χ1v) is 9.47. The predicted molar refractivity (Wildman–Crippen MR) is 111 cm³/mol. The smallest absolute Gasteiger partial charge is 0.251 e. The van der Waals surface area contributed by atoms with Crippen LogP contribution in [-0.4, -0.2) is 23.3 Å². The van der Waals surface area contributed by atoms with Gasteiger partial charge in [0, 0.05) is 16.8 Å². The molecule has 3 aromatic carbocycles. The van der Waals surface area contributed by atoms with Gasteiger partial charge >= 0.3 is 0 Å². The first kappa shape index (κ1) is 19.0. The number of aliphatic hydroxyl groups excluding tert-OH is 1. The van der Waals surface area contributed by atoms with Gasteiger partial charge in [-0.2, -0.15) is 0 Å². The molecule has 4 nitrogen and oxygen atoms in total. The van der Waals surface area contributed by atoms with E-state index in [4.69, 9.17) is 0 Å². The van der Waals surface area contributed by atoms with Gasteiger partial charge < -0.3 is 10.4 Å². The summed E-state index contributed by atoms with van der Waals surface area (Å²) in [6.07, 6.45) is 0. The third kappa shape index (κ3) is 3.96. The average molecular weight is 388 g/mol. The summed E-state index contributed by atoms with van der Waals surface area (Å²) < 4.78 is 13.5. The SMILES string of the molecule is CC1=NCc2ccc(-c3cccc(C(=O)NC(CO)c4cccc(F)c4)c3)cc21. The summed E-state index contributed by atoms with van der Waals surface area (Å²) in [5, 5.41) is 12.4. The van der Waals surface area contributed by atoms with E-state index in [-0.39, 0.29) is 12.5 Å². The van der Waals surface area contributed by atoms with Gasteiger partial charge in [0.15, 0.2) is 0 Å². The minimum absolute atomic E-state index is 0.321. The summed E-state index contributed by atoms with van der Waals surface area (Å²) >= 11 is 0. The largest absolute Gasteiger partial charge is 0.394 e. The van der Waals surface area contributed by atoms with Crippen LogP contribution in [-0.2, 0) is 6.54 Å². The number of hydrogen-bond donors (Lipinski definition) is 2. The highest BCUT2D eigenvalue weighted by Gasteiger charge is 2.17. The third-order valence-corrected chi connectivity index (χ3v) is 5.18. The Labute approximate surface area is 168 Å². The summed E-state index contributed by atoms with van der Waals surface area (Å²) in [5.74, 6) is -0.735. The highest BCUT2D eigenvalue weighted by Crippen LogP contribution is 2.27. The molecule has 2 N–H and O–H groups in total. The molecule has 0 saturated heterocycles. The molecule has 3 aromatic rings. The zero-order chi connectivity index (χ0) is 20.4. The van der Waals surface area contributed by atoms with Gasteiger partial charge in [0.05, 0.1) is 19.2 Å². The van der Waals surface area contributed by atoms with Gasteiger partial charge in [0.1, 0.15) is 5.82 Å². The highest BCUT2D eigenvalue weighted by molar-refractivity contribution is 6.03. The number of aliphatic imine (C=N–C) groups is 1. The van der Waals surface area contributed by atoms with Gasteiger partial charge in [-0.15, -0.1) is 0 Å². The van der Waals surface area contributed by atoms with E-state index in [2.05, 4.69) is 22.4 Å². The quantitative estimate of drug-likeness (QED) is 0.685. The first-order valence-electron chi connectivity index (χ1n) is 9.47. The fourth-order valence-electron chi connectivity index (χ4n) is 3.56. The molecule has 29 heavy (non-hydrogen) atoms. The maximum atomic E-state index is 13.5. The van der Waals surface area contributed by atoms with Crippen molar-refractivity contribution in [1.82, 2.24) is 5.32 Å². The van der Waals surface area contributed by atoms with Gasteiger partial charge in [0.25, 0.3) is 5.91 Å². The fraction of sp³-hybridized carbons (Fsp3) is 0.167. The topological polar surface area (TPSA) is 61.7 Å². The minimum Gasteiger partial charge on any atom is -0.394 e. The van der Waals surface area contributed by atoms with Crippen molar-refractivity contribution in [3.05, 3.63) is 94.8 Å². The lowest BCUT2D eigenvalue weighted by molar-refractivity contribution is 0.0916. The molecule has 1 unspecified atom stereocenters. The van der Waals surface area contributed by atoms with Crippen LogP contribution in [0.4, 0.5) is 4.39 Å². The molecule has 0 bridgehead atoms. The molecular weight excluding hydrogens is 367 g/mol. The number of carbonyl (C=O) groups is 1. The van der Waals surface area contributed by atoms with Gasteiger partial charge in [0.2, 0.25) is 0 Å². The van der Waals surface area contributed by atoms with Crippen molar-refractivity contribution < 1.29 is 14.3 Å². The highest BCUT2D eigenvalue weighted by atomic mass is 19.1. The van der Waals surface area contributed by atoms with Crippen molar-refractivity contribution in [3.8, 4) is 11.1 Å². The number of rotatable bonds is 5. The Morgan fingerprint density at radius 3 is 2.69 bits per heavy atom. The Balaban J connectivity index is 1.58. The summed E-state index contributed by atoms with van der Waals surface area (Å²) in [6.45, 7) is 2.39. The second-order valence-corrected chi connectivity index (χ2v) is 7.12. The van der Waals surface area contributed by atoms with Crippen molar-refractivity contribution >= 4 is 11.6 Å². The molecule has 0 aliphatic carbocycles. The summed E-state index contributed by atoms with van der Waals surface area (Å²) in [7, 11) is 0. The second kappa shape index (κ2) is 7.97. The molecule has 146 valence electrons. The van der Waals surface area contributed by atoms with Crippen LogP contribution in [0.15, 0.2) is 71.7 Å². The summed E-state index contributed by atoms with van der Waals surface area (Å²) in [5.41, 5.74) is 6.31. The number of hydrogen-bond acceptors (Lipinski definition) is 3. The number of nitrogens with zero attached hydrogens (tertiary/aromatic N) is 1. The Morgan fingerprint density at radius 2 is 1.90 bits per heavy atom. The molecule has 0 saturated carbocycles. The van der Waals surface area contributed by atoms with Crippen molar-refractivity contribution in [1.29, 1.82) is 0 Å². The van der Waals surface area contributed by atoms with Crippen molar-refractivity contribution in [3.63, 3.8) is 0 Å². The average Bonchev–Trinajstić information content (AvgIpc) is 3.12. The number of carbonyl (C=O) groups excluding carboxylic acids is 1. The van der Waals surface area contributed by atoms with Crippen LogP contribution in [0.25, 0.3) is 11.1 Å². The van der Waals surface area contributed by atoms with Crippen molar-refractivity contribution in [2.75, 3.05) is 6.61 Å². The molecule has 1 aliphatic rings. The number of halogens is 1. The van der Waals surface area contributed by atoms with Gasteiger partial charge in [-0.25, -0.2) is 4.39 Å². The first-order chi connectivity index (χ1) is 14.0. The number of nitrogens with one attached hydrogen (secondary N) is 1. The molecule has 1 aliphatic heterocycles. The van der Waals surface area contributed by atoms with Crippen LogP contribution in [0.2, 0.25) is 0 Å². The molecular formula is C24H21FN2O2. The van der Waals surface area contributed by atoms with Gasteiger partial charge in [-0.05, 0) is 59.5 Å². The monoisotopic (exact) mass is 388 g/mol. The van der Waals surface area contributed by atoms with E-state index in [1.54, 1.807) is 18.2 Å². The lowest BCUT2D eigenvalue weighted by atomic mass is 9.97. The van der Waals surface area contributed by atoms with E-state index in [9.17, 15) is 14.3 Å². The van der Waals surface area contributed by atoms with Gasteiger partial charge in [-0.3, -0.25) is 9.79 Å². The van der Waals surface area contributed by atoms with E-state index in [1.165, 1.54) is 17.7 Å². The van der Waals surface area contributed by atoms with Crippen molar-refractivity contribution in [2.45, 2.75) is 19.5 Å². The molecule has 4 rings (SSSR count). The molecule has 0 fully saturated rings. The normalized spacial score (nSPS) is 13.6. The van der Waals surface area contributed by atoms with E-state index in [0.29, 0.717) is 17.7 Å². The van der Waals surface area contributed by atoms with E-state index in [1.807, 2.05) is 31.2 Å². The van der Waals surface area contributed by atoms with Crippen molar-refractivity contribution in [2.24, 2.45) is 4.99 Å². The predicted octanol–water partition coefficient (Wildman–Crippen LogP) is 4.28. The van der Waals surface area contributed by atoms with Crippen LogP contribution < -0.4 is 5.32 Å². The molecule has 0 aromatic heterocycles. The minimum atomic E-state index is -0.680. The Kier molecular flexibility index (Phi) is 5.23. The lowest BCUT2D eigenvalue weighted by Gasteiger charge is -2.17. The number of amides is 1. The van der Waals surface area contributed by atoms with Crippen LogP contribution >= 0.6 is 0 Å². The zero-order valence-electron chi connectivity index (χ0n) is 16.0. The maximum absolute atomic E-state index is 13.5. The molecule has 0 spiro atoms. The standard InChI is InChI=1S/C24H21FN2O2/c1-15-22-12-17(8-9-20(22)13-26-15)16-4-2-6-19(10-16)24(29)27-23(14-28)18-5-3-7-21(25)11-18/h2-12,23,28H,13-14H2,1H3,(H,27,29). The van der Waals surface area contributed by atoms with E-state index in [0.717, 1.165) is 22.4 Å². The molecule has 0 radical (unpaired) electrons. The Hall–Kier alpha value is -3.31. The fourth-order valence-corrected chi connectivity index (χ4v) is 3.56. The van der Waals surface area contributed by atoms with E-state index >= 15 is 0 Å². The zero-order valence-corrected chi connectivity index (χ0v) is 16.0. The Morgan fingerprint density at radius 1 is 1.10 bits per heavy atom. The van der Waals surface area contributed by atoms with Crippen LogP contribution in [0.5, 0.6) is 0 Å². The molecule has 1 heterocycles. The summed E-state index contributed by atoms with van der Waals surface area (Å²) in [6, 6.07) is 18.7. The second-order valence-electron chi connectivity index (χ2n) is 7.12. The molecule has 5 heteroatoms. The maximum Gasteiger partial charge on any atom is 0.251 e. The summed E-state index contributed by atoms with van der Waals surface area (Å²) in [4.78, 5) is 17.2. The lowest BCUT2D eigenvalue weighted by Crippen LogP contribution is -2.30. The third-order valence-electron chi connectivity index (χ3n) is 5.18. The van der Waals surface area contributed by atoms with Crippen LogP contribution in [0.1, 0.15) is 40.0 Å². The van der Waals surface area contributed by atoms with E-state index < -0.39 is 11.9 Å². The van der Waals surface area contributed by atoms with Crippen LogP contribution in [0, 0.1) is 5.82 Å². The number of benzene rings is 3. The number of aliphatic hydroxyl groups is 1. The molecule has 1 atom stereocenters. The Bertz CT molecular complexity index is 1110. The molecule has 1 amide bonds. The van der Waals surface area contributed by atoms with Gasteiger partial charge in [-0.1, -0.05) is 36.4 Å². The number of fused-ring (bicyclic) bond motifs is 1. The van der Waals surface area contributed by atoms with Crippen LogP contribution in [0.3, 0.4) is 0 Å².